The van der Waals surface area contributed by atoms with E-state index in [-0.39, 0.29) is 5.91 Å². The van der Waals surface area contributed by atoms with Gasteiger partial charge in [0.1, 0.15) is 12.4 Å². The van der Waals surface area contributed by atoms with Gasteiger partial charge in [-0.3, -0.25) is 9.78 Å². The molecule has 1 saturated heterocycles. The van der Waals surface area contributed by atoms with Crippen LogP contribution in [-0.4, -0.2) is 24.0 Å². The zero-order chi connectivity index (χ0) is 19.2. The van der Waals surface area contributed by atoms with Gasteiger partial charge in [0.25, 0.3) is 5.91 Å². The van der Waals surface area contributed by atoms with Crippen molar-refractivity contribution in [3.05, 3.63) is 84.2 Å². The zero-order valence-electron chi connectivity index (χ0n) is 15.7. The largest absolute Gasteiger partial charge is 0.488 e. The molecule has 0 aliphatic carbocycles. The highest BCUT2D eigenvalue weighted by Crippen LogP contribution is 2.24. The smallest absolute Gasteiger partial charge is 0.259 e. The van der Waals surface area contributed by atoms with Crippen molar-refractivity contribution in [3.63, 3.8) is 0 Å². The lowest BCUT2D eigenvalue weighted by Gasteiger charge is -2.18. The Morgan fingerprint density at radius 1 is 0.964 bits per heavy atom. The number of carbonyl (C=O) groups excluding carboxylic acids is 1. The van der Waals surface area contributed by atoms with Crippen LogP contribution in [0.1, 0.15) is 28.8 Å². The van der Waals surface area contributed by atoms with Gasteiger partial charge in [0.05, 0.1) is 5.56 Å². The first-order valence-corrected chi connectivity index (χ1v) is 9.57. The number of nitrogens with zero attached hydrogens (tertiary/aromatic N) is 2. The van der Waals surface area contributed by atoms with Crippen molar-refractivity contribution in [2.24, 2.45) is 0 Å². The highest BCUT2D eigenvalue weighted by Gasteiger charge is 2.14. The fourth-order valence-electron chi connectivity index (χ4n) is 3.35. The number of pyridine rings is 1. The number of amides is 1. The second-order valence-corrected chi connectivity index (χ2v) is 6.84. The second kappa shape index (κ2) is 8.57. The minimum Gasteiger partial charge on any atom is -0.488 e. The number of rotatable bonds is 6. The fraction of sp³-hybridized carbons (Fsp3) is 0.217. The number of aromatic nitrogens is 1. The molecule has 1 fully saturated rings. The summed E-state index contributed by atoms with van der Waals surface area (Å²) in [5, 5.41) is 2.97. The standard InChI is InChI=1S/C23H23N3O2/c27-23(25-19-7-9-20(10-8-19)26-15-3-4-16-26)21-5-1-2-6-22(21)28-17-18-11-13-24-14-12-18/h1-2,5-14H,3-4,15-17H2,(H,25,27). The van der Waals surface area contributed by atoms with Gasteiger partial charge in [0.2, 0.25) is 0 Å². The van der Waals surface area contributed by atoms with Crippen LogP contribution < -0.4 is 15.0 Å². The van der Waals surface area contributed by atoms with Crippen molar-refractivity contribution < 1.29 is 9.53 Å². The Bertz CT molecular complexity index is 920. The summed E-state index contributed by atoms with van der Waals surface area (Å²) in [4.78, 5) is 19.1. The van der Waals surface area contributed by atoms with Gasteiger partial charge in [0, 0.05) is 36.9 Å². The Balaban J connectivity index is 1.43. The first-order chi connectivity index (χ1) is 13.8. The highest BCUT2D eigenvalue weighted by molar-refractivity contribution is 6.06. The molecule has 1 aliphatic heterocycles. The van der Waals surface area contributed by atoms with Gasteiger partial charge in [-0.1, -0.05) is 12.1 Å². The molecule has 0 spiro atoms. The number of hydrogen-bond donors (Lipinski definition) is 1. The van der Waals surface area contributed by atoms with Gasteiger partial charge >= 0.3 is 0 Å². The van der Waals surface area contributed by atoms with Gasteiger partial charge < -0.3 is 15.0 Å². The Hall–Kier alpha value is -3.34. The van der Waals surface area contributed by atoms with Crippen LogP contribution >= 0.6 is 0 Å². The first-order valence-electron chi connectivity index (χ1n) is 9.57. The van der Waals surface area contributed by atoms with Crippen LogP contribution in [0.4, 0.5) is 11.4 Å². The van der Waals surface area contributed by atoms with Gasteiger partial charge in [0.15, 0.2) is 0 Å². The molecule has 0 bridgehead atoms. The molecular formula is C23H23N3O2. The fourth-order valence-corrected chi connectivity index (χ4v) is 3.35. The van der Waals surface area contributed by atoms with Crippen LogP contribution in [0.2, 0.25) is 0 Å². The Morgan fingerprint density at radius 3 is 2.43 bits per heavy atom. The van der Waals surface area contributed by atoms with Crippen molar-refractivity contribution in [2.45, 2.75) is 19.4 Å². The molecule has 142 valence electrons. The molecule has 1 aliphatic rings. The molecule has 4 rings (SSSR count). The predicted molar refractivity (Wildman–Crippen MR) is 111 cm³/mol. The topological polar surface area (TPSA) is 54.5 Å². The summed E-state index contributed by atoms with van der Waals surface area (Å²) in [5.41, 5.74) is 3.50. The quantitative estimate of drug-likeness (QED) is 0.691. The molecule has 0 atom stereocenters. The molecule has 0 radical (unpaired) electrons. The molecule has 5 heteroatoms. The lowest BCUT2D eigenvalue weighted by molar-refractivity contribution is 0.102. The maximum Gasteiger partial charge on any atom is 0.259 e. The monoisotopic (exact) mass is 373 g/mol. The van der Waals surface area contributed by atoms with Crippen molar-refractivity contribution >= 4 is 17.3 Å². The molecule has 0 unspecified atom stereocenters. The number of para-hydroxylation sites is 1. The average Bonchev–Trinajstić information content (AvgIpc) is 3.29. The van der Waals surface area contributed by atoms with Gasteiger partial charge in [-0.2, -0.15) is 0 Å². The van der Waals surface area contributed by atoms with Crippen molar-refractivity contribution in [1.29, 1.82) is 0 Å². The summed E-state index contributed by atoms with van der Waals surface area (Å²) in [6.07, 6.45) is 5.94. The lowest BCUT2D eigenvalue weighted by Crippen LogP contribution is -2.17. The molecule has 0 saturated carbocycles. The summed E-state index contributed by atoms with van der Waals surface area (Å²) < 4.78 is 5.87. The summed E-state index contributed by atoms with van der Waals surface area (Å²) >= 11 is 0. The molecule has 1 amide bonds. The van der Waals surface area contributed by atoms with Crippen LogP contribution in [0.15, 0.2) is 73.1 Å². The number of nitrogens with one attached hydrogen (secondary N) is 1. The van der Waals surface area contributed by atoms with Crippen LogP contribution in [0.5, 0.6) is 5.75 Å². The van der Waals surface area contributed by atoms with Gasteiger partial charge in [-0.15, -0.1) is 0 Å². The van der Waals surface area contributed by atoms with Gasteiger partial charge in [-0.05, 0) is 66.9 Å². The summed E-state index contributed by atoms with van der Waals surface area (Å²) in [6.45, 7) is 2.60. The second-order valence-electron chi connectivity index (χ2n) is 6.84. The van der Waals surface area contributed by atoms with E-state index in [4.69, 9.17) is 4.74 Å². The summed E-state index contributed by atoms with van der Waals surface area (Å²) in [7, 11) is 0. The lowest BCUT2D eigenvalue weighted by atomic mass is 10.1. The minimum absolute atomic E-state index is 0.181. The Morgan fingerprint density at radius 2 is 1.68 bits per heavy atom. The Kier molecular flexibility index (Phi) is 5.52. The molecule has 2 heterocycles. The van der Waals surface area contributed by atoms with Crippen molar-refractivity contribution in [1.82, 2.24) is 4.98 Å². The predicted octanol–water partition coefficient (Wildman–Crippen LogP) is 4.51. The third kappa shape index (κ3) is 4.31. The van der Waals surface area contributed by atoms with Crippen molar-refractivity contribution in [3.8, 4) is 5.75 Å². The molecule has 3 aromatic rings. The van der Waals surface area contributed by atoms with Crippen LogP contribution in [0.3, 0.4) is 0 Å². The van der Waals surface area contributed by atoms with Gasteiger partial charge in [-0.25, -0.2) is 0 Å². The van der Waals surface area contributed by atoms with E-state index in [0.29, 0.717) is 17.9 Å². The van der Waals surface area contributed by atoms with E-state index in [1.807, 2.05) is 42.5 Å². The third-order valence-corrected chi connectivity index (χ3v) is 4.87. The van der Waals surface area contributed by atoms with Crippen molar-refractivity contribution in [2.75, 3.05) is 23.3 Å². The van der Waals surface area contributed by atoms with E-state index in [1.165, 1.54) is 18.5 Å². The number of benzene rings is 2. The molecule has 1 aromatic heterocycles. The molecular weight excluding hydrogens is 350 g/mol. The number of carbonyl (C=O) groups is 1. The van der Waals surface area contributed by atoms with E-state index in [0.717, 1.165) is 24.3 Å². The zero-order valence-corrected chi connectivity index (χ0v) is 15.7. The van der Waals surface area contributed by atoms with E-state index in [2.05, 4.69) is 27.3 Å². The van der Waals surface area contributed by atoms with Crippen LogP contribution in [0.25, 0.3) is 0 Å². The minimum atomic E-state index is -0.181. The number of anilines is 2. The molecule has 5 nitrogen and oxygen atoms in total. The van der Waals surface area contributed by atoms with E-state index in [9.17, 15) is 4.79 Å². The Labute approximate surface area is 165 Å². The molecule has 1 N–H and O–H groups in total. The van der Waals surface area contributed by atoms with Crippen LogP contribution in [-0.2, 0) is 6.61 Å². The number of hydrogen-bond acceptors (Lipinski definition) is 4. The normalized spacial score (nSPS) is 13.4. The molecule has 28 heavy (non-hydrogen) atoms. The first kappa shape index (κ1) is 18.0. The average molecular weight is 373 g/mol. The maximum atomic E-state index is 12.8. The van der Waals surface area contributed by atoms with E-state index >= 15 is 0 Å². The summed E-state index contributed by atoms with van der Waals surface area (Å²) in [5.74, 6) is 0.379. The number of ether oxygens (including phenoxy) is 1. The van der Waals surface area contributed by atoms with E-state index < -0.39 is 0 Å². The maximum absolute atomic E-state index is 12.8. The third-order valence-electron chi connectivity index (χ3n) is 4.87. The molecule has 2 aromatic carbocycles. The SMILES string of the molecule is O=C(Nc1ccc(N2CCCC2)cc1)c1ccccc1OCc1ccncc1. The highest BCUT2D eigenvalue weighted by atomic mass is 16.5. The van der Waals surface area contributed by atoms with E-state index in [1.54, 1.807) is 18.5 Å². The van der Waals surface area contributed by atoms with Crippen LogP contribution in [0, 0.1) is 0 Å². The summed E-state index contributed by atoms with van der Waals surface area (Å²) in [6, 6.07) is 19.1.